The molecule has 0 fully saturated rings. The Bertz CT molecular complexity index is 765. The van der Waals surface area contributed by atoms with Gasteiger partial charge in [-0.05, 0) is 48.4 Å². The molecule has 3 N–H and O–H groups in total. The van der Waals surface area contributed by atoms with Gasteiger partial charge in [-0.2, -0.15) is 5.10 Å². The van der Waals surface area contributed by atoms with Gasteiger partial charge in [0.15, 0.2) is 11.5 Å². The largest absolute Gasteiger partial charge is 0.504 e. The zero-order chi connectivity index (χ0) is 18.2. The standard InChI is InChI=1S/C18H20ClN3O3/c1-3-15(21-14-6-4-5-13(19)10-14)18(24)22-20-11-12-7-8-16(23)17(9-12)25-2/h4-11,15,21,23H,3H2,1-2H3,(H,22,24)/t15-/m1/s1. The molecule has 7 heteroatoms. The first-order valence-electron chi connectivity index (χ1n) is 7.75. The Labute approximate surface area is 151 Å². The van der Waals surface area contributed by atoms with Crippen LogP contribution in [-0.2, 0) is 4.79 Å². The number of ether oxygens (including phenoxy) is 1. The van der Waals surface area contributed by atoms with Crippen molar-refractivity contribution in [2.75, 3.05) is 12.4 Å². The van der Waals surface area contributed by atoms with Crippen LogP contribution in [0.4, 0.5) is 5.69 Å². The summed E-state index contributed by atoms with van der Waals surface area (Å²) in [6, 6.07) is 11.5. The minimum atomic E-state index is -0.440. The molecule has 0 heterocycles. The van der Waals surface area contributed by atoms with Crippen molar-refractivity contribution in [3.63, 3.8) is 0 Å². The summed E-state index contributed by atoms with van der Waals surface area (Å²) >= 11 is 5.95. The highest BCUT2D eigenvalue weighted by Crippen LogP contribution is 2.25. The Morgan fingerprint density at radius 2 is 2.16 bits per heavy atom. The molecule has 0 saturated heterocycles. The first-order valence-corrected chi connectivity index (χ1v) is 8.13. The highest BCUT2D eigenvalue weighted by Gasteiger charge is 2.15. The first kappa shape index (κ1) is 18.6. The Hall–Kier alpha value is -2.73. The lowest BCUT2D eigenvalue weighted by atomic mass is 10.2. The van der Waals surface area contributed by atoms with Crippen molar-refractivity contribution in [1.29, 1.82) is 0 Å². The molecule has 0 spiro atoms. The van der Waals surface area contributed by atoms with Crippen molar-refractivity contribution in [2.45, 2.75) is 19.4 Å². The van der Waals surface area contributed by atoms with Crippen LogP contribution in [-0.4, -0.2) is 30.4 Å². The fourth-order valence-corrected chi connectivity index (χ4v) is 2.35. The van der Waals surface area contributed by atoms with Crippen molar-refractivity contribution in [3.05, 3.63) is 53.1 Å². The minimum absolute atomic E-state index is 0.0421. The number of carbonyl (C=O) groups excluding carboxylic acids is 1. The van der Waals surface area contributed by atoms with E-state index in [-0.39, 0.29) is 11.7 Å². The number of hydrogen-bond acceptors (Lipinski definition) is 5. The van der Waals surface area contributed by atoms with Crippen LogP contribution in [0.15, 0.2) is 47.6 Å². The number of benzene rings is 2. The molecule has 1 amide bonds. The van der Waals surface area contributed by atoms with Crippen molar-refractivity contribution in [1.82, 2.24) is 5.43 Å². The van der Waals surface area contributed by atoms with Gasteiger partial charge >= 0.3 is 0 Å². The second-order valence-electron chi connectivity index (χ2n) is 5.28. The van der Waals surface area contributed by atoms with Gasteiger partial charge < -0.3 is 15.2 Å². The zero-order valence-electron chi connectivity index (χ0n) is 14.0. The summed E-state index contributed by atoms with van der Waals surface area (Å²) in [5, 5.41) is 17.2. The van der Waals surface area contributed by atoms with Gasteiger partial charge in [0.1, 0.15) is 6.04 Å². The lowest BCUT2D eigenvalue weighted by Gasteiger charge is -2.16. The number of methoxy groups -OCH3 is 1. The fourth-order valence-electron chi connectivity index (χ4n) is 2.16. The molecular weight excluding hydrogens is 342 g/mol. The van der Waals surface area contributed by atoms with E-state index in [0.717, 1.165) is 5.69 Å². The van der Waals surface area contributed by atoms with Crippen molar-refractivity contribution >= 4 is 29.4 Å². The number of carbonyl (C=O) groups is 1. The van der Waals surface area contributed by atoms with Gasteiger partial charge in [0.05, 0.1) is 13.3 Å². The maximum Gasteiger partial charge on any atom is 0.262 e. The fraction of sp³-hybridized carbons (Fsp3) is 0.222. The number of nitrogens with zero attached hydrogens (tertiary/aromatic N) is 1. The summed E-state index contributed by atoms with van der Waals surface area (Å²) in [5.74, 6) is 0.120. The number of rotatable bonds is 7. The molecule has 1 atom stereocenters. The van der Waals surface area contributed by atoms with Crippen molar-refractivity contribution in [3.8, 4) is 11.5 Å². The highest BCUT2D eigenvalue weighted by molar-refractivity contribution is 6.30. The molecule has 132 valence electrons. The van der Waals surface area contributed by atoms with Crippen molar-refractivity contribution < 1.29 is 14.6 Å². The molecule has 2 rings (SSSR count). The number of phenolic OH excluding ortho intramolecular Hbond substituents is 1. The van der Waals surface area contributed by atoms with E-state index in [9.17, 15) is 9.90 Å². The Kier molecular flexibility index (Phi) is 6.65. The van der Waals surface area contributed by atoms with Gasteiger partial charge in [-0.25, -0.2) is 5.43 Å². The van der Waals surface area contributed by atoms with E-state index in [1.165, 1.54) is 19.4 Å². The van der Waals surface area contributed by atoms with Crippen LogP contribution in [0.5, 0.6) is 11.5 Å². The van der Waals surface area contributed by atoms with Gasteiger partial charge in [0, 0.05) is 10.7 Å². The number of anilines is 1. The maximum atomic E-state index is 12.2. The predicted molar refractivity (Wildman–Crippen MR) is 99.5 cm³/mol. The van der Waals surface area contributed by atoms with Crippen molar-refractivity contribution in [2.24, 2.45) is 5.10 Å². The van der Waals surface area contributed by atoms with E-state index in [0.29, 0.717) is 22.8 Å². The van der Waals surface area contributed by atoms with E-state index in [2.05, 4.69) is 15.8 Å². The van der Waals surface area contributed by atoms with E-state index < -0.39 is 6.04 Å². The molecule has 0 unspecified atom stereocenters. The van der Waals surface area contributed by atoms with E-state index in [4.69, 9.17) is 16.3 Å². The number of hydrazone groups is 1. The molecule has 0 saturated carbocycles. The molecule has 2 aromatic carbocycles. The third-order valence-electron chi connectivity index (χ3n) is 3.48. The average molecular weight is 362 g/mol. The molecule has 2 aromatic rings. The molecule has 0 bridgehead atoms. The highest BCUT2D eigenvalue weighted by atomic mass is 35.5. The Balaban J connectivity index is 1.97. The third kappa shape index (κ3) is 5.39. The zero-order valence-corrected chi connectivity index (χ0v) is 14.7. The summed E-state index contributed by atoms with van der Waals surface area (Å²) in [6.45, 7) is 1.90. The van der Waals surface area contributed by atoms with Crippen LogP contribution < -0.4 is 15.5 Å². The number of nitrogens with one attached hydrogen (secondary N) is 2. The SMILES string of the molecule is CC[C@@H](Nc1cccc(Cl)c1)C(=O)NN=Cc1ccc(O)c(OC)c1. The van der Waals surface area contributed by atoms with Crippen LogP contribution >= 0.6 is 11.6 Å². The number of amides is 1. The lowest BCUT2D eigenvalue weighted by molar-refractivity contribution is -0.121. The van der Waals surface area contributed by atoms with Crippen LogP contribution in [0.2, 0.25) is 5.02 Å². The molecule has 0 aromatic heterocycles. The predicted octanol–water partition coefficient (Wildman–Crippen LogP) is 3.40. The second-order valence-corrected chi connectivity index (χ2v) is 5.72. The Morgan fingerprint density at radius 1 is 1.36 bits per heavy atom. The number of phenols is 1. The number of halogens is 1. The first-order chi connectivity index (χ1) is 12.0. The van der Waals surface area contributed by atoms with Crippen LogP contribution in [0.3, 0.4) is 0 Å². The van der Waals surface area contributed by atoms with E-state index in [1.807, 2.05) is 19.1 Å². The average Bonchev–Trinajstić information content (AvgIpc) is 2.61. The molecule has 0 aliphatic carbocycles. The topological polar surface area (TPSA) is 83.0 Å². The smallest absolute Gasteiger partial charge is 0.262 e. The lowest BCUT2D eigenvalue weighted by Crippen LogP contribution is -2.36. The maximum absolute atomic E-state index is 12.2. The molecule has 0 radical (unpaired) electrons. The summed E-state index contributed by atoms with van der Waals surface area (Å²) < 4.78 is 5.02. The Morgan fingerprint density at radius 3 is 2.84 bits per heavy atom. The van der Waals surface area contributed by atoms with Gasteiger partial charge in [-0.15, -0.1) is 0 Å². The van der Waals surface area contributed by atoms with Gasteiger partial charge in [0.25, 0.3) is 5.91 Å². The van der Waals surface area contributed by atoms with Gasteiger partial charge in [-0.3, -0.25) is 4.79 Å². The van der Waals surface area contributed by atoms with Crippen LogP contribution in [0.1, 0.15) is 18.9 Å². The van der Waals surface area contributed by atoms with Gasteiger partial charge in [0.2, 0.25) is 0 Å². The van der Waals surface area contributed by atoms with Crippen LogP contribution in [0.25, 0.3) is 0 Å². The minimum Gasteiger partial charge on any atom is -0.504 e. The van der Waals surface area contributed by atoms with E-state index in [1.54, 1.807) is 24.3 Å². The summed E-state index contributed by atoms with van der Waals surface area (Å²) in [7, 11) is 1.46. The van der Waals surface area contributed by atoms with Gasteiger partial charge in [-0.1, -0.05) is 24.6 Å². The summed E-state index contributed by atoms with van der Waals surface area (Å²) in [5.41, 5.74) is 3.95. The third-order valence-corrected chi connectivity index (χ3v) is 3.72. The van der Waals surface area contributed by atoms with E-state index >= 15 is 0 Å². The summed E-state index contributed by atoms with van der Waals surface area (Å²) in [4.78, 5) is 12.2. The molecule has 0 aliphatic heterocycles. The number of hydrogen-bond donors (Lipinski definition) is 3. The number of aromatic hydroxyl groups is 1. The normalized spacial score (nSPS) is 12.0. The molecule has 0 aliphatic rings. The molecular formula is C18H20ClN3O3. The molecule has 25 heavy (non-hydrogen) atoms. The summed E-state index contributed by atoms with van der Waals surface area (Å²) in [6.07, 6.45) is 2.06. The quantitative estimate of drug-likeness (QED) is 0.521. The van der Waals surface area contributed by atoms with Crippen LogP contribution in [0, 0.1) is 0 Å². The molecule has 6 nitrogen and oxygen atoms in total. The second kappa shape index (κ2) is 8.94. The monoisotopic (exact) mass is 361 g/mol.